The zero-order chi connectivity index (χ0) is 14.7. The number of nitrogens with zero attached hydrogens (tertiary/aromatic N) is 2. The molecule has 3 N–H and O–H groups in total. The van der Waals surface area contributed by atoms with E-state index in [9.17, 15) is 4.39 Å². The zero-order valence-corrected chi connectivity index (χ0v) is 12.0. The molecule has 0 aliphatic heterocycles. The third kappa shape index (κ3) is 2.86. The Balaban J connectivity index is 2.34. The van der Waals surface area contributed by atoms with Crippen molar-refractivity contribution in [2.75, 3.05) is 11.9 Å². The first-order chi connectivity index (χ1) is 9.54. The molecule has 0 amide bonds. The summed E-state index contributed by atoms with van der Waals surface area (Å²) in [5.41, 5.74) is 6.48. The molecule has 2 unspecified atom stereocenters. The van der Waals surface area contributed by atoms with Crippen molar-refractivity contribution in [2.24, 2.45) is 16.8 Å². The Morgan fingerprint density at radius 3 is 2.85 bits per heavy atom. The lowest BCUT2D eigenvalue weighted by Gasteiger charge is -2.36. The Bertz CT molecular complexity index is 504. The number of hydrogen-bond donors (Lipinski definition) is 2. The van der Waals surface area contributed by atoms with Gasteiger partial charge in [0, 0.05) is 13.1 Å². The smallest absolute Gasteiger partial charge is 0.175 e. The van der Waals surface area contributed by atoms with Gasteiger partial charge in [0.05, 0.1) is 11.3 Å². The number of nitrogens with two attached hydrogens (primary N) is 1. The predicted octanol–water partition coefficient (Wildman–Crippen LogP) is 2.94. The van der Waals surface area contributed by atoms with E-state index in [-0.39, 0.29) is 11.4 Å². The summed E-state index contributed by atoms with van der Waals surface area (Å²) in [4.78, 5) is 2.06. The molecular formula is C15H22FN3O. The molecule has 1 saturated carbocycles. The minimum atomic E-state index is -0.464. The van der Waals surface area contributed by atoms with Crippen molar-refractivity contribution in [2.45, 2.75) is 38.6 Å². The number of hydrogen-bond acceptors (Lipinski definition) is 3. The highest BCUT2D eigenvalue weighted by molar-refractivity contribution is 6.02. The van der Waals surface area contributed by atoms with E-state index >= 15 is 0 Å². The highest BCUT2D eigenvalue weighted by Gasteiger charge is 2.25. The maximum atomic E-state index is 14.0. The summed E-state index contributed by atoms with van der Waals surface area (Å²) in [7, 11) is 1.95. The first-order valence-corrected chi connectivity index (χ1v) is 7.03. The zero-order valence-electron chi connectivity index (χ0n) is 12.0. The second-order valence-electron chi connectivity index (χ2n) is 5.66. The summed E-state index contributed by atoms with van der Waals surface area (Å²) in [6.45, 7) is 2.25. The molecule has 2 rings (SSSR count). The Kier molecular flexibility index (Phi) is 4.47. The van der Waals surface area contributed by atoms with Crippen molar-refractivity contribution >= 4 is 11.5 Å². The standard InChI is InChI=1S/C15H22FN3O/c1-10-5-3-6-11(9-10)19(2)13-8-4-7-12(16)14(13)15(17)18-20/h4,7-8,10-11,20H,3,5-6,9H2,1-2H3,(H2,17,18). The molecule has 0 spiro atoms. The number of anilines is 1. The number of benzene rings is 1. The number of oxime groups is 1. The molecule has 1 aromatic rings. The van der Waals surface area contributed by atoms with Crippen LogP contribution in [0.2, 0.25) is 0 Å². The fraction of sp³-hybridized carbons (Fsp3) is 0.533. The molecule has 20 heavy (non-hydrogen) atoms. The minimum absolute atomic E-state index is 0.177. The lowest BCUT2D eigenvalue weighted by molar-refractivity contribution is 0.318. The van der Waals surface area contributed by atoms with Crippen molar-refractivity contribution in [3.05, 3.63) is 29.6 Å². The van der Waals surface area contributed by atoms with Gasteiger partial charge in [-0.25, -0.2) is 4.39 Å². The van der Waals surface area contributed by atoms with Crippen LogP contribution in [0.25, 0.3) is 0 Å². The lowest BCUT2D eigenvalue weighted by atomic mass is 9.86. The summed E-state index contributed by atoms with van der Waals surface area (Å²) in [5.74, 6) is 0.0272. The maximum absolute atomic E-state index is 14.0. The predicted molar refractivity (Wildman–Crippen MR) is 78.7 cm³/mol. The van der Waals surface area contributed by atoms with Crippen LogP contribution in [0.5, 0.6) is 0 Å². The van der Waals surface area contributed by atoms with Gasteiger partial charge >= 0.3 is 0 Å². The summed E-state index contributed by atoms with van der Waals surface area (Å²) < 4.78 is 14.0. The van der Waals surface area contributed by atoms with Crippen LogP contribution in [0.15, 0.2) is 23.4 Å². The van der Waals surface area contributed by atoms with Gasteiger partial charge in [-0.05, 0) is 30.9 Å². The fourth-order valence-corrected chi connectivity index (χ4v) is 3.06. The van der Waals surface area contributed by atoms with E-state index in [1.165, 1.54) is 18.9 Å². The van der Waals surface area contributed by atoms with Crippen molar-refractivity contribution in [1.29, 1.82) is 0 Å². The second kappa shape index (κ2) is 6.11. The molecule has 1 fully saturated rings. The highest BCUT2D eigenvalue weighted by atomic mass is 19.1. The van der Waals surface area contributed by atoms with Crippen molar-refractivity contribution in [1.82, 2.24) is 0 Å². The molecule has 5 heteroatoms. The summed E-state index contributed by atoms with van der Waals surface area (Å²) in [6, 6.07) is 5.16. The van der Waals surface area contributed by atoms with Crippen LogP contribution >= 0.6 is 0 Å². The van der Waals surface area contributed by atoms with Crippen molar-refractivity contribution < 1.29 is 9.60 Å². The van der Waals surface area contributed by atoms with E-state index in [2.05, 4.69) is 17.0 Å². The first-order valence-electron chi connectivity index (χ1n) is 7.03. The Hall–Kier alpha value is -1.78. The lowest BCUT2D eigenvalue weighted by Crippen LogP contribution is -2.37. The number of amidine groups is 1. The van der Waals surface area contributed by atoms with Crippen LogP contribution in [-0.4, -0.2) is 24.1 Å². The van der Waals surface area contributed by atoms with E-state index in [1.54, 1.807) is 6.07 Å². The Morgan fingerprint density at radius 1 is 1.45 bits per heavy atom. The summed E-state index contributed by atoms with van der Waals surface area (Å²) >= 11 is 0. The SMILES string of the molecule is CC1CCCC(N(C)c2cccc(F)c2C(N)=NO)C1. The molecule has 1 aromatic carbocycles. The van der Waals surface area contributed by atoms with E-state index in [4.69, 9.17) is 10.9 Å². The fourth-order valence-electron chi connectivity index (χ4n) is 3.06. The average molecular weight is 279 g/mol. The second-order valence-corrected chi connectivity index (χ2v) is 5.66. The minimum Gasteiger partial charge on any atom is -0.409 e. The Labute approximate surface area is 119 Å². The number of halogens is 1. The van der Waals surface area contributed by atoms with Gasteiger partial charge in [-0.3, -0.25) is 0 Å². The molecular weight excluding hydrogens is 257 g/mol. The molecule has 0 bridgehead atoms. The van der Waals surface area contributed by atoms with Gasteiger partial charge < -0.3 is 15.8 Å². The molecule has 0 saturated heterocycles. The number of rotatable bonds is 3. The van der Waals surface area contributed by atoms with Gasteiger partial charge in [0.15, 0.2) is 5.84 Å². The molecule has 0 aromatic heterocycles. The average Bonchev–Trinajstić information content (AvgIpc) is 2.45. The molecule has 2 atom stereocenters. The van der Waals surface area contributed by atoms with Crippen LogP contribution in [0, 0.1) is 11.7 Å². The normalized spacial score (nSPS) is 23.6. The van der Waals surface area contributed by atoms with Crippen LogP contribution in [0.1, 0.15) is 38.2 Å². The highest BCUT2D eigenvalue weighted by Crippen LogP contribution is 2.31. The topological polar surface area (TPSA) is 61.8 Å². The van der Waals surface area contributed by atoms with Crippen molar-refractivity contribution in [3.63, 3.8) is 0 Å². The van der Waals surface area contributed by atoms with Gasteiger partial charge in [-0.1, -0.05) is 31.0 Å². The third-order valence-electron chi connectivity index (χ3n) is 4.19. The van der Waals surface area contributed by atoms with E-state index < -0.39 is 5.82 Å². The van der Waals surface area contributed by atoms with Gasteiger partial charge in [-0.15, -0.1) is 0 Å². The van der Waals surface area contributed by atoms with Gasteiger partial charge in [0.1, 0.15) is 5.82 Å². The van der Waals surface area contributed by atoms with Crippen LogP contribution < -0.4 is 10.6 Å². The molecule has 1 aliphatic carbocycles. The van der Waals surface area contributed by atoms with Crippen LogP contribution in [0.3, 0.4) is 0 Å². The molecule has 0 heterocycles. The maximum Gasteiger partial charge on any atom is 0.175 e. The molecule has 4 nitrogen and oxygen atoms in total. The largest absolute Gasteiger partial charge is 0.409 e. The monoisotopic (exact) mass is 279 g/mol. The first kappa shape index (κ1) is 14.6. The van der Waals surface area contributed by atoms with Crippen LogP contribution in [0.4, 0.5) is 10.1 Å². The third-order valence-corrected chi connectivity index (χ3v) is 4.19. The van der Waals surface area contributed by atoms with E-state index in [0.29, 0.717) is 17.6 Å². The van der Waals surface area contributed by atoms with E-state index in [0.717, 1.165) is 12.8 Å². The molecule has 0 radical (unpaired) electrons. The van der Waals surface area contributed by atoms with Gasteiger partial charge in [0.2, 0.25) is 0 Å². The molecule has 110 valence electrons. The van der Waals surface area contributed by atoms with E-state index in [1.807, 2.05) is 13.1 Å². The van der Waals surface area contributed by atoms with Crippen LogP contribution in [-0.2, 0) is 0 Å². The molecule has 1 aliphatic rings. The Morgan fingerprint density at radius 2 is 2.20 bits per heavy atom. The summed E-state index contributed by atoms with van der Waals surface area (Å²) in [5, 5.41) is 11.8. The van der Waals surface area contributed by atoms with Gasteiger partial charge in [0.25, 0.3) is 0 Å². The van der Waals surface area contributed by atoms with Crippen molar-refractivity contribution in [3.8, 4) is 0 Å². The summed E-state index contributed by atoms with van der Waals surface area (Å²) in [6.07, 6.45) is 4.61. The quantitative estimate of drug-likeness (QED) is 0.387. The van der Waals surface area contributed by atoms with Gasteiger partial charge in [-0.2, -0.15) is 0 Å².